The molecule has 70 valence electrons. The molecule has 0 radical (unpaired) electrons. The molecule has 2 N–H and O–H groups in total. The third-order valence-electron chi connectivity index (χ3n) is 2.30. The van der Waals surface area contributed by atoms with Gasteiger partial charge < -0.3 is 5.43 Å². The molecule has 1 aliphatic rings. The van der Waals surface area contributed by atoms with Gasteiger partial charge in [-0.15, -0.1) is 5.53 Å². The van der Waals surface area contributed by atoms with E-state index in [0.29, 0.717) is 6.04 Å². The Morgan fingerprint density at radius 3 is 2.67 bits per heavy atom. The van der Waals surface area contributed by atoms with Crippen LogP contribution in [0.1, 0.15) is 40.0 Å². The van der Waals surface area contributed by atoms with Crippen molar-refractivity contribution in [1.29, 1.82) is 0 Å². The molecule has 3 nitrogen and oxygen atoms in total. The van der Waals surface area contributed by atoms with Crippen LogP contribution in [0.2, 0.25) is 0 Å². The van der Waals surface area contributed by atoms with Gasteiger partial charge in [0.15, 0.2) is 0 Å². The molecular formula is C9H19N3. The third kappa shape index (κ3) is 1.91. The molecule has 1 atom stereocenters. The number of hydrazine groups is 2. The van der Waals surface area contributed by atoms with Crippen molar-refractivity contribution in [2.24, 2.45) is 0 Å². The molecule has 0 fully saturated rings. The van der Waals surface area contributed by atoms with Crippen molar-refractivity contribution in [2.45, 2.75) is 46.1 Å². The standard InChI is InChI=1S/C9H19N3/c1-4-6-9(5-2)12-8(3)7-10-11-12/h7,9-11H,4-6H2,1-3H3. The molecule has 0 spiro atoms. The second-order valence-electron chi connectivity index (χ2n) is 3.26. The van der Waals surface area contributed by atoms with E-state index in [9.17, 15) is 0 Å². The van der Waals surface area contributed by atoms with Gasteiger partial charge >= 0.3 is 0 Å². The maximum absolute atomic E-state index is 3.13. The Balaban J connectivity index is 2.48. The van der Waals surface area contributed by atoms with Crippen LogP contribution >= 0.6 is 0 Å². The monoisotopic (exact) mass is 169 g/mol. The first-order chi connectivity index (χ1) is 5.79. The summed E-state index contributed by atoms with van der Waals surface area (Å²) in [4.78, 5) is 0. The smallest absolute Gasteiger partial charge is 0.0466 e. The first-order valence-corrected chi connectivity index (χ1v) is 4.76. The molecule has 0 bridgehead atoms. The van der Waals surface area contributed by atoms with E-state index < -0.39 is 0 Å². The molecule has 0 aromatic heterocycles. The van der Waals surface area contributed by atoms with Crippen LogP contribution in [0.15, 0.2) is 11.9 Å². The number of nitrogens with zero attached hydrogens (tertiary/aromatic N) is 1. The van der Waals surface area contributed by atoms with Crippen LogP contribution in [-0.4, -0.2) is 11.1 Å². The van der Waals surface area contributed by atoms with Gasteiger partial charge in [-0.3, -0.25) is 5.01 Å². The fraction of sp³-hybridized carbons (Fsp3) is 0.778. The summed E-state index contributed by atoms with van der Waals surface area (Å²) in [6.07, 6.45) is 5.67. The average Bonchev–Trinajstić information content (AvgIpc) is 2.47. The normalized spacial score (nSPS) is 18.9. The van der Waals surface area contributed by atoms with Gasteiger partial charge in [-0.1, -0.05) is 20.3 Å². The molecule has 0 amide bonds. The van der Waals surface area contributed by atoms with Gasteiger partial charge in [-0.2, -0.15) is 0 Å². The largest absolute Gasteiger partial charge is 0.309 e. The van der Waals surface area contributed by atoms with Crippen LogP contribution in [0.3, 0.4) is 0 Å². The summed E-state index contributed by atoms with van der Waals surface area (Å²) in [5.41, 5.74) is 7.42. The van der Waals surface area contributed by atoms with E-state index in [0.717, 1.165) is 0 Å². The maximum atomic E-state index is 3.13. The van der Waals surface area contributed by atoms with E-state index in [-0.39, 0.29) is 0 Å². The van der Waals surface area contributed by atoms with Crippen molar-refractivity contribution in [2.75, 3.05) is 0 Å². The molecule has 0 aromatic rings. The quantitative estimate of drug-likeness (QED) is 0.671. The summed E-state index contributed by atoms with van der Waals surface area (Å²) in [6.45, 7) is 6.57. The molecule has 0 aliphatic carbocycles. The van der Waals surface area contributed by atoms with Crippen LogP contribution in [0.4, 0.5) is 0 Å². The summed E-state index contributed by atoms with van der Waals surface area (Å²) in [5, 5.41) is 2.21. The Bertz CT molecular complexity index is 165. The fourth-order valence-electron chi connectivity index (χ4n) is 1.59. The number of rotatable bonds is 4. The number of nitrogens with one attached hydrogen (secondary N) is 2. The second-order valence-corrected chi connectivity index (χ2v) is 3.26. The van der Waals surface area contributed by atoms with Gasteiger partial charge in [-0.05, 0) is 19.8 Å². The lowest BCUT2D eigenvalue weighted by molar-refractivity contribution is 0.164. The third-order valence-corrected chi connectivity index (χ3v) is 2.30. The Morgan fingerprint density at radius 1 is 1.50 bits per heavy atom. The number of hydrogen-bond acceptors (Lipinski definition) is 3. The predicted molar refractivity (Wildman–Crippen MR) is 50.9 cm³/mol. The Labute approximate surface area is 74.8 Å². The van der Waals surface area contributed by atoms with E-state index in [1.807, 2.05) is 6.20 Å². The van der Waals surface area contributed by atoms with E-state index in [1.165, 1.54) is 25.0 Å². The highest BCUT2D eigenvalue weighted by Crippen LogP contribution is 2.15. The highest BCUT2D eigenvalue weighted by Gasteiger charge is 2.18. The van der Waals surface area contributed by atoms with Gasteiger partial charge in [0.1, 0.15) is 0 Å². The SMILES string of the molecule is CCCC(CC)N1NNC=C1C. The molecule has 1 unspecified atom stereocenters. The maximum Gasteiger partial charge on any atom is 0.0466 e. The van der Waals surface area contributed by atoms with Crippen molar-refractivity contribution in [1.82, 2.24) is 16.0 Å². The Morgan fingerprint density at radius 2 is 2.25 bits per heavy atom. The highest BCUT2D eigenvalue weighted by atomic mass is 15.7. The zero-order chi connectivity index (χ0) is 8.97. The lowest BCUT2D eigenvalue weighted by atomic mass is 10.1. The summed E-state index contributed by atoms with van der Waals surface area (Å²) in [7, 11) is 0. The molecule has 0 saturated carbocycles. The molecule has 1 heterocycles. The van der Waals surface area contributed by atoms with Crippen LogP contribution < -0.4 is 11.0 Å². The predicted octanol–water partition coefficient (Wildman–Crippen LogP) is 1.75. The van der Waals surface area contributed by atoms with Gasteiger partial charge in [0, 0.05) is 17.9 Å². The van der Waals surface area contributed by atoms with Gasteiger partial charge in [0.25, 0.3) is 0 Å². The zero-order valence-electron chi connectivity index (χ0n) is 8.22. The lowest BCUT2D eigenvalue weighted by Crippen LogP contribution is -2.43. The van der Waals surface area contributed by atoms with Crippen LogP contribution in [0.25, 0.3) is 0 Å². The van der Waals surface area contributed by atoms with Crippen molar-refractivity contribution in [3.8, 4) is 0 Å². The summed E-state index contributed by atoms with van der Waals surface area (Å²) in [6, 6.07) is 0.626. The molecule has 1 aliphatic heterocycles. The Hall–Kier alpha value is -0.700. The van der Waals surface area contributed by atoms with E-state index in [4.69, 9.17) is 0 Å². The minimum atomic E-state index is 0.626. The topological polar surface area (TPSA) is 27.3 Å². The van der Waals surface area contributed by atoms with Crippen LogP contribution in [0, 0.1) is 0 Å². The minimum absolute atomic E-state index is 0.626. The van der Waals surface area contributed by atoms with E-state index >= 15 is 0 Å². The molecule has 0 aromatic carbocycles. The molecule has 3 heteroatoms. The molecule has 1 rings (SSSR count). The van der Waals surface area contributed by atoms with Gasteiger partial charge in [0.2, 0.25) is 0 Å². The van der Waals surface area contributed by atoms with Gasteiger partial charge in [-0.25, -0.2) is 0 Å². The first kappa shape index (κ1) is 9.39. The van der Waals surface area contributed by atoms with E-state index in [2.05, 4.69) is 36.7 Å². The number of hydrogen-bond donors (Lipinski definition) is 2. The first-order valence-electron chi connectivity index (χ1n) is 4.76. The minimum Gasteiger partial charge on any atom is -0.309 e. The molecule has 12 heavy (non-hydrogen) atoms. The van der Waals surface area contributed by atoms with Crippen LogP contribution in [0.5, 0.6) is 0 Å². The number of allylic oxidation sites excluding steroid dienone is 1. The molecular weight excluding hydrogens is 150 g/mol. The van der Waals surface area contributed by atoms with Gasteiger partial charge in [0.05, 0.1) is 0 Å². The fourth-order valence-corrected chi connectivity index (χ4v) is 1.59. The van der Waals surface area contributed by atoms with E-state index in [1.54, 1.807) is 0 Å². The van der Waals surface area contributed by atoms with Crippen molar-refractivity contribution in [3.05, 3.63) is 11.9 Å². The molecule has 0 saturated heterocycles. The van der Waals surface area contributed by atoms with Crippen molar-refractivity contribution < 1.29 is 0 Å². The second kappa shape index (κ2) is 4.36. The lowest BCUT2D eigenvalue weighted by Gasteiger charge is -2.28. The van der Waals surface area contributed by atoms with Crippen LogP contribution in [-0.2, 0) is 0 Å². The summed E-state index contributed by atoms with van der Waals surface area (Å²) >= 11 is 0. The Kier molecular flexibility index (Phi) is 3.41. The highest BCUT2D eigenvalue weighted by molar-refractivity contribution is 5.00. The summed E-state index contributed by atoms with van der Waals surface area (Å²) in [5.74, 6) is 0. The zero-order valence-corrected chi connectivity index (χ0v) is 8.22. The van der Waals surface area contributed by atoms with Crippen molar-refractivity contribution in [3.63, 3.8) is 0 Å². The van der Waals surface area contributed by atoms with Crippen molar-refractivity contribution >= 4 is 0 Å². The summed E-state index contributed by atoms with van der Waals surface area (Å²) < 4.78 is 0. The average molecular weight is 169 g/mol.